The molecule has 4 aromatic rings. The summed E-state index contributed by atoms with van der Waals surface area (Å²) in [5, 5.41) is 19.7. The lowest BCUT2D eigenvalue weighted by atomic mass is 10.2. The van der Waals surface area contributed by atoms with Crippen molar-refractivity contribution >= 4 is 34.3 Å². The Bertz CT molecular complexity index is 1200. The number of hydrogen-bond donors (Lipinski definition) is 2. The van der Waals surface area contributed by atoms with E-state index in [9.17, 15) is 9.90 Å². The maximum atomic E-state index is 12.3. The number of imidazole rings is 1. The van der Waals surface area contributed by atoms with Crippen molar-refractivity contribution in [2.45, 2.75) is 5.16 Å². The summed E-state index contributed by atoms with van der Waals surface area (Å²) in [6, 6.07) is 11.0. The fraction of sp³-hybridized carbons (Fsp3) is 0.150. The number of aliphatic hydroxyl groups is 1. The highest BCUT2D eigenvalue weighted by Crippen LogP contribution is 2.26. The van der Waals surface area contributed by atoms with Crippen LogP contribution in [0.15, 0.2) is 59.7 Å². The zero-order chi connectivity index (χ0) is 21.1. The number of rotatable bonds is 6. The van der Waals surface area contributed by atoms with Gasteiger partial charge in [-0.25, -0.2) is 9.78 Å². The highest BCUT2D eigenvalue weighted by atomic mass is 32.2. The Morgan fingerprint density at radius 3 is 2.70 bits per heavy atom. The molecular formula is C20H18N6O3S. The Hall–Kier alpha value is -3.66. The van der Waals surface area contributed by atoms with E-state index in [4.69, 9.17) is 4.74 Å². The lowest BCUT2D eigenvalue weighted by Crippen LogP contribution is -2.10. The molecule has 0 aliphatic carbocycles. The van der Waals surface area contributed by atoms with Crippen molar-refractivity contribution in [1.82, 2.24) is 29.7 Å². The first-order valence-corrected chi connectivity index (χ1v) is 9.95. The van der Waals surface area contributed by atoms with Gasteiger partial charge in [0.05, 0.1) is 23.9 Å². The van der Waals surface area contributed by atoms with Gasteiger partial charge in [-0.05, 0) is 24.3 Å². The van der Waals surface area contributed by atoms with Crippen molar-refractivity contribution < 1.29 is 14.6 Å². The number of carbonyl (C=O) groups excluding carboxylic acids is 1. The van der Waals surface area contributed by atoms with E-state index in [0.29, 0.717) is 16.5 Å². The van der Waals surface area contributed by atoms with Crippen molar-refractivity contribution in [3.05, 3.63) is 60.4 Å². The molecule has 0 saturated carbocycles. The van der Waals surface area contributed by atoms with Crippen molar-refractivity contribution in [2.75, 3.05) is 12.9 Å². The molecule has 1 aromatic carbocycles. The number of thioether (sulfide) groups is 1. The van der Waals surface area contributed by atoms with Crippen LogP contribution < -0.4 is 0 Å². The molecule has 0 saturated heterocycles. The monoisotopic (exact) mass is 422 g/mol. The number of methoxy groups -OCH3 is 1. The Kier molecular flexibility index (Phi) is 5.48. The lowest BCUT2D eigenvalue weighted by Gasteiger charge is -2.07. The van der Waals surface area contributed by atoms with Crippen molar-refractivity contribution in [3.8, 4) is 11.4 Å². The van der Waals surface area contributed by atoms with E-state index in [1.54, 1.807) is 12.4 Å². The third-order valence-electron chi connectivity index (χ3n) is 4.42. The first kappa shape index (κ1) is 19.6. The molecule has 152 valence electrons. The number of aliphatic hydroxyl groups excluding tert-OH is 1. The molecule has 9 nitrogen and oxygen atoms in total. The first-order valence-electron chi connectivity index (χ1n) is 8.96. The van der Waals surface area contributed by atoms with Crippen LogP contribution >= 0.6 is 11.8 Å². The van der Waals surface area contributed by atoms with Crippen molar-refractivity contribution in [1.29, 1.82) is 0 Å². The summed E-state index contributed by atoms with van der Waals surface area (Å²) < 4.78 is 6.67. The van der Waals surface area contributed by atoms with Crippen LogP contribution in [0.2, 0.25) is 0 Å². The van der Waals surface area contributed by atoms with Gasteiger partial charge in [-0.1, -0.05) is 23.9 Å². The molecule has 2 N–H and O–H groups in total. The number of para-hydroxylation sites is 2. The highest BCUT2D eigenvalue weighted by Gasteiger charge is 2.23. The van der Waals surface area contributed by atoms with Gasteiger partial charge in [-0.3, -0.25) is 4.98 Å². The molecule has 0 bridgehead atoms. The number of nitrogens with zero attached hydrogens (tertiary/aromatic N) is 5. The Labute approximate surface area is 175 Å². The van der Waals surface area contributed by atoms with Gasteiger partial charge in [-0.2, -0.15) is 0 Å². The molecule has 10 heteroatoms. The van der Waals surface area contributed by atoms with E-state index < -0.39 is 5.97 Å². The number of ether oxygens (including phenoxy) is 1. The molecule has 3 heterocycles. The Morgan fingerprint density at radius 1 is 1.20 bits per heavy atom. The van der Waals surface area contributed by atoms with E-state index in [-0.39, 0.29) is 22.9 Å². The number of nitrogens with one attached hydrogen (secondary N) is 1. The van der Waals surface area contributed by atoms with Gasteiger partial charge in [0.25, 0.3) is 0 Å². The smallest absolute Gasteiger partial charge is 0.345 e. The van der Waals surface area contributed by atoms with Crippen LogP contribution in [0.4, 0.5) is 0 Å². The van der Waals surface area contributed by atoms with Gasteiger partial charge in [0, 0.05) is 25.0 Å². The number of esters is 1. The number of aromatic amines is 1. The van der Waals surface area contributed by atoms with Crippen molar-refractivity contribution in [3.63, 3.8) is 0 Å². The molecule has 3 aromatic heterocycles. The first-order chi connectivity index (χ1) is 14.6. The third kappa shape index (κ3) is 3.77. The second-order valence-electron chi connectivity index (χ2n) is 6.31. The summed E-state index contributed by atoms with van der Waals surface area (Å²) in [6.45, 7) is 0. The summed E-state index contributed by atoms with van der Waals surface area (Å²) in [5.74, 6) is 0.163. The summed E-state index contributed by atoms with van der Waals surface area (Å²) >= 11 is 1.24. The van der Waals surface area contributed by atoms with Crippen LogP contribution in [-0.4, -0.2) is 53.7 Å². The van der Waals surface area contributed by atoms with Gasteiger partial charge >= 0.3 is 5.97 Å². The predicted octanol–water partition coefficient (Wildman–Crippen LogP) is 2.99. The van der Waals surface area contributed by atoms with Gasteiger partial charge in [-0.15, -0.1) is 10.2 Å². The largest absolute Gasteiger partial charge is 0.510 e. The maximum absolute atomic E-state index is 12.3. The number of carbonyl (C=O) groups is 1. The summed E-state index contributed by atoms with van der Waals surface area (Å²) in [6.07, 6.45) is 3.36. The molecule has 0 aliphatic heterocycles. The average Bonchev–Trinajstić information content (AvgIpc) is 3.36. The third-order valence-corrected chi connectivity index (χ3v) is 5.45. The SMILES string of the molecule is COC(=O)C(=C(O)CSc1nnc(-c2ccncc2)n1C)c1nc2ccccc2[nH]1. The molecule has 30 heavy (non-hydrogen) atoms. The number of benzene rings is 1. The number of aromatic nitrogens is 6. The van der Waals surface area contributed by atoms with E-state index in [1.165, 1.54) is 18.9 Å². The number of hydrogen-bond acceptors (Lipinski definition) is 8. The summed E-state index contributed by atoms with van der Waals surface area (Å²) in [5.41, 5.74) is 2.30. The lowest BCUT2D eigenvalue weighted by molar-refractivity contribution is -0.133. The fourth-order valence-electron chi connectivity index (χ4n) is 2.92. The minimum atomic E-state index is -0.678. The number of pyridine rings is 1. The minimum Gasteiger partial charge on any atom is -0.510 e. The van der Waals surface area contributed by atoms with Crippen LogP contribution in [-0.2, 0) is 16.6 Å². The van der Waals surface area contributed by atoms with Crippen LogP contribution in [0, 0.1) is 0 Å². The molecule has 0 aliphatic rings. The Morgan fingerprint density at radius 2 is 1.97 bits per heavy atom. The van der Waals surface area contributed by atoms with Gasteiger partial charge < -0.3 is 19.4 Å². The van der Waals surface area contributed by atoms with Crippen LogP contribution in [0.5, 0.6) is 0 Å². The zero-order valence-electron chi connectivity index (χ0n) is 16.2. The van der Waals surface area contributed by atoms with Gasteiger partial charge in [0.15, 0.2) is 11.0 Å². The van der Waals surface area contributed by atoms with E-state index in [0.717, 1.165) is 11.1 Å². The second kappa shape index (κ2) is 8.37. The quantitative estimate of drug-likeness (QED) is 0.211. The molecule has 0 radical (unpaired) electrons. The second-order valence-corrected chi connectivity index (χ2v) is 7.25. The van der Waals surface area contributed by atoms with Crippen LogP contribution in [0.1, 0.15) is 5.82 Å². The van der Waals surface area contributed by atoms with Crippen LogP contribution in [0.25, 0.3) is 28.0 Å². The summed E-state index contributed by atoms with van der Waals surface area (Å²) in [4.78, 5) is 23.8. The van der Waals surface area contributed by atoms with Crippen LogP contribution in [0.3, 0.4) is 0 Å². The maximum Gasteiger partial charge on any atom is 0.345 e. The van der Waals surface area contributed by atoms with Gasteiger partial charge in [0.2, 0.25) is 0 Å². The topological polar surface area (TPSA) is 119 Å². The Balaban J connectivity index is 1.62. The molecule has 0 atom stereocenters. The standard InChI is InChI=1S/C20H18N6O3S/c1-26-18(12-7-9-21-10-8-12)24-25-20(26)30-11-15(27)16(19(28)29-2)17-22-13-5-3-4-6-14(13)23-17/h3-10,27H,11H2,1-2H3,(H,22,23). The molecule has 4 rings (SSSR count). The minimum absolute atomic E-state index is 0.0160. The molecule has 0 amide bonds. The fourth-order valence-corrected chi connectivity index (χ4v) is 3.71. The molecular weight excluding hydrogens is 404 g/mol. The zero-order valence-corrected chi connectivity index (χ0v) is 17.1. The summed E-state index contributed by atoms with van der Waals surface area (Å²) in [7, 11) is 3.09. The molecule has 0 unspecified atom stereocenters. The van der Waals surface area contributed by atoms with E-state index >= 15 is 0 Å². The van der Waals surface area contributed by atoms with E-state index in [1.807, 2.05) is 48.0 Å². The van der Waals surface area contributed by atoms with E-state index in [2.05, 4.69) is 25.1 Å². The van der Waals surface area contributed by atoms with Crippen molar-refractivity contribution in [2.24, 2.45) is 7.05 Å². The normalized spacial score (nSPS) is 12.1. The van der Waals surface area contributed by atoms with Gasteiger partial charge in [0.1, 0.15) is 17.2 Å². The number of fused-ring (bicyclic) bond motifs is 1. The molecule has 0 spiro atoms. The average molecular weight is 422 g/mol. The molecule has 0 fully saturated rings. The predicted molar refractivity (Wildman–Crippen MR) is 113 cm³/mol. The number of H-pyrrole nitrogens is 1. The highest BCUT2D eigenvalue weighted by molar-refractivity contribution is 7.99.